The van der Waals surface area contributed by atoms with Crippen LogP contribution in [0.4, 0.5) is 4.79 Å². The minimum atomic E-state index is -0.286. The average molecular weight is 143 g/mol. The second kappa shape index (κ2) is 2.48. The Bertz CT molecular complexity index is 145. The van der Waals surface area contributed by atoms with Crippen molar-refractivity contribution in [2.24, 2.45) is 5.92 Å². The molecule has 0 bridgehead atoms. The van der Waals surface area contributed by atoms with Crippen molar-refractivity contribution in [2.75, 3.05) is 0 Å². The van der Waals surface area contributed by atoms with Gasteiger partial charge in [0.25, 0.3) is 0 Å². The summed E-state index contributed by atoms with van der Waals surface area (Å²) in [5.41, 5.74) is 0. The number of amides is 1. The standard InChI is InChI=1S/C7H13NO2/c1-4(2)6-5(3)8-7(9)10-6/h4-6H,1-3H3,(H,8,9)/t5-,6+/m1/s1. The molecule has 58 valence electrons. The molecule has 1 aliphatic heterocycles. The fourth-order valence-corrected chi connectivity index (χ4v) is 1.24. The van der Waals surface area contributed by atoms with E-state index in [-0.39, 0.29) is 18.2 Å². The number of hydrogen-bond donors (Lipinski definition) is 1. The van der Waals surface area contributed by atoms with Gasteiger partial charge in [-0.25, -0.2) is 4.79 Å². The first-order valence-electron chi connectivity index (χ1n) is 3.58. The van der Waals surface area contributed by atoms with Crippen molar-refractivity contribution in [3.63, 3.8) is 0 Å². The Hall–Kier alpha value is -0.730. The third-order valence-corrected chi connectivity index (χ3v) is 1.74. The number of hydrogen-bond acceptors (Lipinski definition) is 2. The zero-order chi connectivity index (χ0) is 7.72. The number of ether oxygens (including phenoxy) is 1. The van der Waals surface area contributed by atoms with E-state index in [1.807, 2.05) is 20.8 Å². The molecule has 0 aromatic rings. The van der Waals surface area contributed by atoms with E-state index in [1.54, 1.807) is 0 Å². The lowest BCUT2D eigenvalue weighted by Gasteiger charge is -2.15. The van der Waals surface area contributed by atoms with E-state index < -0.39 is 0 Å². The molecule has 1 saturated heterocycles. The Morgan fingerprint density at radius 3 is 2.40 bits per heavy atom. The number of carbonyl (C=O) groups excluding carboxylic acids is 1. The molecule has 1 rings (SSSR count). The van der Waals surface area contributed by atoms with Crippen molar-refractivity contribution in [3.8, 4) is 0 Å². The van der Waals surface area contributed by atoms with Gasteiger partial charge < -0.3 is 10.1 Å². The van der Waals surface area contributed by atoms with Crippen LogP contribution in [0.3, 0.4) is 0 Å². The maximum atomic E-state index is 10.6. The quantitative estimate of drug-likeness (QED) is 0.597. The number of cyclic esters (lactones) is 1. The highest BCUT2D eigenvalue weighted by Gasteiger charge is 2.32. The van der Waals surface area contributed by atoms with Gasteiger partial charge in [0.2, 0.25) is 0 Å². The van der Waals surface area contributed by atoms with Gasteiger partial charge in [-0.15, -0.1) is 0 Å². The van der Waals surface area contributed by atoms with Gasteiger partial charge >= 0.3 is 6.09 Å². The molecule has 0 radical (unpaired) electrons. The summed E-state index contributed by atoms with van der Waals surface area (Å²) in [4.78, 5) is 10.6. The molecule has 1 amide bonds. The van der Waals surface area contributed by atoms with Gasteiger partial charge in [-0.1, -0.05) is 13.8 Å². The van der Waals surface area contributed by atoms with Gasteiger partial charge in [0.05, 0.1) is 6.04 Å². The van der Waals surface area contributed by atoms with Crippen molar-refractivity contribution < 1.29 is 9.53 Å². The molecule has 1 heterocycles. The zero-order valence-electron chi connectivity index (χ0n) is 6.55. The summed E-state index contributed by atoms with van der Waals surface area (Å²) in [6.45, 7) is 6.04. The van der Waals surface area contributed by atoms with Gasteiger partial charge in [0, 0.05) is 0 Å². The fourth-order valence-electron chi connectivity index (χ4n) is 1.24. The van der Waals surface area contributed by atoms with E-state index in [0.29, 0.717) is 5.92 Å². The topological polar surface area (TPSA) is 38.3 Å². The zero-order valence-corrected chi connectivity index (χ0v) is 6.55. The van der Waals surface area contributed by atoms with Crippen LogP contribution in [0.1, 0.15) is 20.8 Å². The van der Waals surface area contributed by atoms with Crippen LogP contribution in [-0.2, 0) is 4.74 Å². The second-order valence-corrected chi connectivity index (χ2v) is 3.05. The van der Waals surface area contributed by atoms with Crippen molar-refractivity contribution in [3.05, 3.63) is 0 Å². The van der Waals surface area contributed by atoms with Crippen molar-refractivity contribution in [1.82, 2.24) is 5.32 Å². The van der Waals surface area contributed by atoms with E-state index in [4.69, 9.17) is 4.74 Å². The monoisotopic (exact) mass is 143 g/mol. The van der Waals surface area contributed by atoms with E-state index in [0.717, 1.165) is 0 Å². The third-order valence-electron chi connectivity index (χ3n) is 1.74. The third kappa shape index (κ3) is 1.23. The molecule has 0 aromatic carbocycles. The van der Waals surface area contributed by atoms with Crippen molar-refractivity contribution in [2.45, 2.75) is 32.9 Å². The molecule has 0 unspecified atom stereocenters. The molecule has 2 atom stereocenters. The molecule has 1 fully saturated rings. The Labute approximate surface area is 60.7 Å². The Morgan fingerprint density at radius 1 is 1.60 bits per heavy atom. The average Bonchev–Trinajstić information content (AvgIpc) is 2.10. The normalized spacial score (nSPS) is 32.2. The maximum Gasteiger partial charge on any atom is 0.407 e. The molecule has 3 nitrogen and oxygen atoms in total. The van der Waals surface area contributed by atoms with Crippen LogP contribution in [0.2, 0.25) is 0 Å². The van der Waals surface area contributed by atoms with Crippen LogP contribution in [0.25, 0.3) is 0 Å². The Morgan fingerprint density at radius 2 is 2.20 bits per heavy atom. The molecular formula is C7H13NO2. The van der Waals surface area contributed by atoms with Gasteiger partial charge in [-0.3, -0.25) is 0 Å². The molecule has 10 heavy (non-hydrogen) atoms. The molecule has 0 spiro atoms. The predicted octanol–water partition coefficient (Wildman–Crippen LogP) is 1.14. The maximum absolute atomic E-state index is 10.6. The van der Waals surface area contributed by atoms with Crippen LogP contribution >= 0.6 is 0 Å². The van der Waals surface area contributed by atoms with Crippen molar-refractivity contribution >= 4 is 6.09 Å². The summed E-state index contributed by atoms with van der Waals surface area (Å²) in [7, 11) is 0. The number of alkyl carbamates (subject to hydrolysis) is 1. The summed E-state index contributed by atoms with van der Waals surface area (Å²) in [5, 5.41) is 2.69. The molecule has 0 saturated carbocycles. The van der Waals surface area contributed by atoms with E-state index in [2.05, 4.69) is 5.32 Å². The van der Waals surface area contributed by atoms with E-state index >= 15 is 0 Å². The van der Waals surface area contributed by atoms with Crippen LogP contribution in [-0.4, -0.2) is 18.2 Å². The SMILES string of the molecule is CC(C)[C@@H]1OC(=O)N[C@@H]1C. The Kier molecular flexibility index (Phi) is 1.83. The summed E-state index contributed by atoms with van der Waals surface area (Å²) in [6, 6.07) is 0.160. The van der Waals surface area contributed by atoms with Gasteiger partial charge in [-0.2, -0.15) is 0 Å². The summed E-state index contributed by atoms with van der Waals surface area (Å²) in [5.74, 6) is 0.397. The van der Waals surface area contributed by atoms with Gasteiger partial charge in [0.15, 0.2) is 0 Å². The summed E-state index contributed by atoms with van der Waals surface area (Å²) in [6.07, 6.45) is -0.237. The number of carbonyl (C=O) groups is 1. The second-order valence-electron chi connectivity index (χ2n) is 3.05. The first kappa shape index (κ1) is 7.38. The first-order chi connectivity index (χ1) is 4.61. The molecule has 1 aliphatic rings. The fraction of sp³-hybridized carbons (Fsp3) is 0.857. The highest BCUT2D eigenvalue weighted by molar-refractivity contribution is 5.70. The van der Waals surface area contributed by atoms with Gasteiger partial charge in [-0.05, 0) is 12.8 Å². The smallest absolute Gasteiger partial charge is 0.407 e. The molecule has 3 heteroatoms. The number of nitrogens with one attached hydrogen (secondary N) is 1. The van der Waals surface area contributed by atoms with Crippen LogP contribution < -0.4 is 5.32 Å². The van der Waals surface area contributed by atoms with E-state index in [9.17, 15) is 4.79 Å². The minimum Gasteiger partial charge on any atom is -0.444 e. The van der Waals surface area contributed by atoms with Crippen LogP contribution in [0.15, 0.2) is 0 Å². The lowest BCUT2D eigenvalue weighted by Crippen LogP contribution is -2.31. The molecule has 0 aliphatic carbocycles. The lowest BCUT2D eigenvalue weighted by molar-refractivity contribution is 0.105. The highest BCUT2D eigenvalue weighted by atomic mass is 16.6. The predicted molar refractivity (Wildman–Crippen MR) is 37.7 cm³/mol. The Balaban J connectivity index is 2.54. The molecular weight excluding hydrogens is 130 g/mol. The summed E-state index contributed by atoms with van der Waals surface area (Å²) >= 11 is 0. The highest BCUT2D eigenvalue weighted by Crippen LogP contribution is 2.16. The lowest BCUT2D eigenvalue weighted by atomic mass is 10.0. The molecule has 1 N–H and O–H groups in total. The minimum absolute atomic E-state index is 0.0486. The van der Waals surface area contributed by atoms with E-state index in [1.165, 1.54) is 0 Å². The largest absolute Gasteiger partial charge is 0.444 e. The van der Waals surface area contributed by atoms with Gasteiger partial charge in [0.1, 0.15) is 6.10 Å². The van der Waals surface area contributed by atoms with Crippen LogP contribution in [0, 0.1) is 5.92 Å². The van der Waals surface area contributed by atoms with Crippen molar-refractivity contribution in [1.29, 1.82) is 0 Å². The number of rotatable bonds is 1. The first-order valence-corrected chi connectivity index (χ1v) is 3.58. The van der Waals surface area contributed by atoms with Crippen LogP contribution in [0.5, 0.6) is 0 Å². The molecule has 0 aromatic heterocycles. The summed E-state index contributed by atoms with van der Waals surface area (Å²) < 4.78 is 4.98.